The summed E-state index contributed by atoms with van der Waals surface area (Å²) in [6.45, 7) is 6.31. The smallest absolute Gasteiger partial charge is 0.313 e. The van der Waals surface area contributed by atoms with Gasteiger partial charge >= 0.3 is 11.8 Å². The molecule has 1 aromatic rings. The topological polar surface area (TPSA) is 78.9 Å². The van der Waals surface area contributed by atoms with E-state index in [9.17, 15) is 14.7 Å². The highest BCUT2D eigenvalue weighted by atomic mass is 16.5. The summed E-state index contributed by atoms with van der Waals surface area (Å²) in [5, 5.41) is 11.9. The Hall–Kier alpha value is -2.08. The van der Waals surface area contributed by atoms with Crippen molar-refractivity contribution in [3.8, 4) is 5.75 Å². The molecule has 0 saturated carbocycles. The number of hydrogen-bond donors (Lipinski definition) is 2. The molecule has 0 spiro atoms. The molecule has 2 N–H and O–H groups in total. The summed E-state index contributed by atoms with van der Waals surface area (Å²) in [6.07, 6.45) is -0.165. The number of rotatable bonds is 1. The van der Waals surface area contributed by atoms with Crippen LogP contribution in [0.1, 0.15) is 19.4 Å². The summed E-state index contributed by atoms with van der Waals surface area (Å²) in [5.41, 5.74) is 1.21. The number of ether oxygens (including phenoxy) is 1. The van der Waals surface area contributed by atoms with E-state index in [1.807, 2.05) is 13.8 Å². The number of phenolic OH excluding ortho intramolecular Hbond substituents is 1. The third-order valence-corrected chi connectivity index (χ3v) is 3.36. The number of carbonyl (C=O) groups is 2. The van der Waals surface area contributed by atoms with Crippen LogP contribution in [0, 0.1) is 6.92 Å². The molecule has 1 fully saturated rings. The van der Waals surface area contributed by atoms with Crippen LogP contribution in [0.3, 0.4) is 0 Å². The number of amides is 2. The van der Waals surface area contributed by atoms with Gasteiger partial charge in [-0.05, 0) is 44.5 Å². The van der Waals surface area contributed by atoms with Crippen molar-refractivity contribution in [3.63, 3.8) is 0 Å². The van der Waals surface area contributed by atoms with Crippen molar-refractivity contribution in [1.82, 2.24) is 4.90 Å². The molecule has 114 valence electrons. The molecule has 2 unspecified atom stereocenters. The van der Waals surface area contributed by atoms with Gasteiger partial charge in [-0.25, -0.2) is 0 Å². The van der Waals surface area contributed by atoms with Crippen molar-refractivity contribution < 1.29 is 19.4 Å². The number of nitrogens with one attached hydrogen (secondary N) is 1. The Kier molecular flexibility index (Phi) is 4.47. The highest BCUT2D eigenvalue weighted by molar-refractivity contribution is 6.39. The lowest BCUT2D eigenvalue weighted by atomic mass is 10.2. The van der Waals surface area contributed by atoms with Crippen LogP contribution in [0.25, 0.3) is 0 Å². The van der Waals surface area contributed by atoms with Crippen molar-refractivity contribution in [3.05, 3.63) is 23.8 Å². The Morgan fingerprint density at radius 2 is 1.90 bits per heavy atom. The van der Waals surface area contributed by atoms with Gasteiger partial charge in [0.1, 0.15) is 5.75 Å². The molecule has 2 rings (SSSR count). The molecule has 2 amide bonds. The van der Waals surface area contributed by atoms with Crippen LogP contribution in [0.5, 0.6) is 5.75 Å². The number of aromatic hydroxyl groups is 1. The van der Waals surface area contributed by atoms with E-state index in [0.717, 1.165) is 0 Å². The van der Waals surface area contributed by atoms with Crippen molar-refractivity contribution in [1.29, 1.82) is 0 Å². The Labute approximate surface area is 123 Å². The summed E-state index contributed by atoms with van der Waals surface area (Å²) in [6, 6.07) is 4.56. The zero-order valence-electron chi connectivity index (χ0n) is 12.4. The Morgan fingerprint density at radius 3 is 2.48 bits per heavy atom. The zero-order valence-corrected chi connectivity index (χ0v) is 12.4. The maximum Gasteiger partial charge on any atom is 0.313 e. The summed E-state index contributed by atoms with van der Waals surface area (Å²) in [5.74, 6) is -1.12. The van der Waals surface area contributed by atoms with Gasteiger partial charge in [-0.2, -0.15) is 0 Å². The van der Waals surface area contributed by atoms with Crippen LogP contribution in [0.4, 0.5) is 5.69 Å². The minimum absolute atomic E-state index is 0.0825. The number of benzene rings is 1. The minimum atomic E-state index is -0.676. The van der Waals surface area contributed by atoms with E-state index >= 15 is 0 Å². The van der Waals surface area contributed by atoms with Gasteiger partial charge in [-0.15, -0.1) is 0 Å². The molecule has 1 heterocycles. The predicted octanol–water partition coefficient (Wildman–Crippen LogP) is 1.27. The van der Waals surface area contributed by atoms with E-state index in [1.54, 1.807) is 13.0 Å². The monoisotopic (exact) mass is 292 g/mol. The Bertz CT molecular complexity index is 549. The van der Waals surface area contributed by atoms with Crippen molar-refractivity contribution in [2.24, 2.45) is 0 Å². The van der Waals surface area contributed by atoms with E-state index in [0.29, 0.717) is 24.3 Å². The van der Waals surface area contributed by atoms with Crippen LogP contribution < -0.4 is 5.32 Å². The fourth-order valence-electron chi connectivity index (χ4n) is 2.45. The van der Waals surface area contributed by atoms with Gasteiger partial charge < -0.3 is 20.1 Å². The molecule has 0 radical (unpaired) electrons. The van der Waals surface area contributed by atoms with E-state index in [2.05, 4.69) is 5.32 Å². The summed E-state index contributed by atoms with van der Waals surface area (Å²) < 4.78 is 5.54. The van der Waals surface area contributed by atoms with Gasteiger partial charge in [0.15, 0.2) is 0 Å². The van der Waals surface area contributed by atoms with E-state index in [-0.39, 0.29) is 18.0 Å². The Balaban J connectivity index is 2.04. The molecule has 1 aliphatic heterocycles. The first-order chi connectivity index (χ1) is 9.86. The second-order valence-electron chi connectivity index (χ2n) is 5.42. The van der Waals surface area contributed by atoms with Crippen molar-refractivity contribution in [2.45, 2.75) is 33.0 Å². The highest BCUT2D eigenvalue weighted by Crippen LogP contribution is 2.20. The van der Waals surface area contributed by atoms with E-state index in [1.165, 1.54) is 17.0 Å². The number of carbonyl (C=O) groups excluding carboxylic acids is 2. The number of phenols is 1. The van der Waals surface area contributed by atoms with Crippen LogP contribution in [0.15, 0.2) is 18.2 Å². The van der Waals surface area contributed by atoms with Gasteiger partial charge in [-0.1, -0.05) is 0 Å². The fourth-order valence-corrected chi connectivity index (χ4v) is 2.45. The predicted molar refractivity (Wildman–Crippen MR) is 78.1 cm³/mol. The number of anilines is 1. The number of hydrogen-bond acceptors (Lipinski definition) is 4. The van der Waals surface area contributed by atoms with Gasteiger partial charge in [0, 0.05) is 18.8 Å². The summed E-state index contributed by atoms with van der Waals surface area (Å²) in [7, 11) is 0. The van der Waals surface area contributed by atoms with Gasteiger partial charge in [0.2, 0.25) is 0 Å². The lowest BCUT2D eigenvalue weighted by Gasteiger charge is -2.34. The van der Waals surface area contributed by atoms with E-state index in [4.69, 9.17) is 4.74 Å². The minimum Gasteiger partial charge on any atom is -0.508 e. The molecule has 21 heavy (non-hydrogen) atoms. The molecule has 1 aromatic carbocycles. The lowest BCUT2D eigenvalue weighted by molar-refractivity contribution is -0.151. The second kappa shape index (κ2) is 6.13. The van der Waals surface area contributed by atoms with Crippen molar-refractivity contribution in [2.75, 3.05) is 18.4 Å². The number of nitrogens with zero attached hydrogens (tertiary/aromatic N) is 1. The average molecular weight is 292 g/mol. The van der Waals surface area contributed by atoms with Gasteiger partial charge in [0.25, 0.3) is 0 Å². The largest absolute Gasteiger partial charge is 0.508 e. The fraction of sp³-hybridized carbons (Fsp3) is 0.467. The zero-order chi connectivity index (χ0) is 15.6. The maximum atomic E-state index is 12.2. The first kappa shape index (κ1) is 15.3. The summed E-state index contributed by atoms with van der Waals surface area (Å²) in [4.78, 5) is 25.7. The summed E-state index contributed by atoms with van der Waals surface area (Å²) >= 11 is 0. The molecule has 0 aliphatic carbocycles. The molecule has 6 nitrogen and oxygen atoms in total. The molecular weight excluding hydrogens is 272 g/mol. The van der Waals surface area contributed by atoms with Gasteiger partial charge in [-0.3, -0.25) is 9.59 Å². The molecule has 2 atom stereocenters. The SMILES string of the molecule is Cc1cc(O)ccc1NC(=O)C(=O)N1CC(C)OC(C)C1. The molecule has 0 aromatic heterocycles. The third kappa shape index (κ3) is 3.72. The first-order valence-electron chi connectivity index (χ1n) is 6.92. The molecule has 0 bridgehead atoms. The average Bonchev–Trinajstić information content (AvgIpc) is 2.40. The molecule has 1 aliphatic rings. The maximum absolute atomic E-state index is 12.2. The standard InChI is InChI=1S/C15H20N2O4/c1-9-6-12(18)4-5-13(9)16-14(19)15(20)17-7-10(2)21-11(3)8-17/h4-6,10-11,18H,7-8H2,1-3H3,(H,16,19). The lowest BCUT2D eigenvalue weighted by Crippen LogP contribution is -2.51. The van der Waals surface area contributed by atoms with Crippen LogP contribution in [0.2, 0.25) is 0 Å². The normalized spacial score (nSPS) is 22.0. The van der Waals surface area contributed by atoms with Gasteiger partial charge in [0.05, 0.1) is 12.2 Å². The molecule has 6 heteroatoms. The van der Waals surface area contributed by atoms with Crippen LogP contribution in [-0.4, -0.2) is 47.1 Å². The second-order valence-corrected chi connectivity index (χ2v) is 5.42. The highest BCUT2D eigenvalue weighted by Gasteiger charge is 2.29. The van der Waals surface area contributed by atoms with Crippen LogP contribution >= 0.6 is 0 Å². The Morgan fingerprint density at radius 1 is 1.29 bits per heavy atom. The number of morpholine rings is 1. The number of aryl methyl sites for hydroxylation is 1. The van der Waals surface area contributed by atoms with Crippen molar-refractivity contribution >= 4 is 17.5 Å². The molecule has 1 saturated heterocycles. The third-order valence-electron chi connectivity index (χ3n) is 3.36. The van der Waals surface area contributed by atoms with E-state index < -0.39 is 11.8 Å². The molecular formula is C15H20N2O4. The van der Waals surface area contributed by atoms with Crippen LogP contribution in [-0.2, 0) is 14.3 Å². The first-order valence-corrected chi connectivity index (χ1v) is 6.92. The quantitative estimate of drug-likeness (QED) is 0.603.